The first-order valence-electron chi connectivity index (χ1n) is 9.81. The van der Waals surface area contributed by atoms with Gasteiger partial charge >= 0.3 is 0 Å². The van der Waals surface area contributed by atoms with Crippen molar-refractivity contribution in [1.82, 2.24) is 0 Å². The van der Waals surface area contributed by atoms with Gasteiger partial charge in [0.2, 0.25) is 0 Å². The molecule has 120 valence electrons. The number of hydrogen-bond acceptors (Lipinski definition) is 1. The largest absolute Gasteiger partial charge is 0.393 e. The van der Waals surface area contributed by atoms with E-state index in [0.717, 1.165) is 48.3 Å². The summed E-state index contributed by atoms with van der Waals surface area (Å²) < 4.78 is 0. The molecule has 0 aromatic heterocycles. The Morgan fingerprint density at radius 3 is 2.52 bits per heavy atom. The van der Waals surface area contributed by atoms with Crippen LogP contribution >= 0.6 is 0 Å². The van der Waals surface area contributed by atoms with E-state index in [-0.39, 0.29) is 6.10 Å². The van der Waals surface area contributed by atoms with E-state index >= 15 is 0 Å². The van der Waals surface area contributed by atoms with Gasteiger partial charge in [-0.15, -0.1) is 0 Å². The fourth-order valence-corrected chi connectivity index (χ4v) is 7.61. The molecule has 21 heavy (non-hydrogen) atoms. The van der Waals surface area contributed by atoms with E-state index in [1.54, 1.807) is 0 Å². The van der Waals surface area contributed by atoms with E-state index < -0.39 is 0 Å². The second-order valence-electron chi connectivity index (χ2n) is 9.13. The maximum Gasteiger partial charge on any atom is 0.0543 e. The summed E-state index contributed by atoms with van der Waals surface area (Å²) in [7, 11) is 0. The molecule has 0 bridgehead atoms. The summed E-state index contributed by atoms with van der Waals surface area (Å²) in [6, 6.07) is 0. The molecule has 1 heteroatoms. The Balaban J connectivity index is 1.55. The van der Waals surface area contributed by atoms with E-state index in [0.29, 0.717) is 5.41 Å². The van der Waals surface area contributed by atoms with Gasteiger partial charge in [-0.25, -0.2) is 0 Å². The van der Waals surface area contributed by atoms with E-state index in [2.05, 4.69) is 13.8 Å². The lowest BCUT2D eigenvalue weighted by atomic mass is 9.49. The number of aliphatic hydroxyl groups excluding tert-OH is 1. The minimum absolute atomic E-state index is 0.0209. The van der Waals surface area contributed by atoms with Crippen molar-refractivity contribution >= 4 is 0 Å². The summed E-state index contributed by atoms with van der Waals surface area (Å²) in [5.41, 5.74) is 0.678. The van der Waals surface area contributed by atoms with Crippen molar-refractivity contribution in [1.29, 1.82) is 0 Å². The summed E-state index contributed by atoms with van der Waals surface area (Å²) in [5, 5.41) is 10.0. The Kier molecular flexibility index (Phi) is 3.64. The SMILES string of the molecule is CCC1CCC2C3CCC4CC(O)CC[C@@H]4C3CC[C@]12C. The van der Waals surface area contributed by atoms with Crippen molar-refractivity contribution < 1.29 is 5.11 Å². The molecule has 0 radical (unpaired) electrons. The van der Waals surface area contributed by atoms with Crippen LogP contribution in [0.1, 0.15) is 78.1 Å². The molecule has 0 aromatic rings. The van der Waals surface area contributed by atoms with Crippen LogP contribution in [0.5, 0.6) is 0 Å². The molecule has 4 rings (SSSR count). The molecule has 4 aliphatic rings. The Morgan fingerprint density at radius 2 is 1.71 bits per heavy atom. The highest BCUT2D eigenvalue weighted by Gasteiger charge is 2.56. The minimum Gasteiger partial charge on any atom is -0.393 e. The van der Waals surface area contributed by atoms with Crippen LogP contribution in [0, 0.1) is 40.9 Å². The summed E-state index contributed by atoms with van der Waals surface area (Å²) >= 11 is 0. The van der Waals surface area contributed by atoms with Crippen molar-refractivity contribution in [2.24, 2.45) is 40.9 Å². The molecular weight excluding hydrogens is 256 g/mol. The number of fused-ring (bicyclic) bond motifs is 5. The van der Waals surface area contributed by atoms with Gasteiger partial charge in [-0.2, -0.15) is 0 Å². The molecule has 4 saturated carbocycles. The Morgan fingerprint density at radius 1 is 0.905 bits per heavy atom. The molecule has 0 spiro atoms. The standard InChI is InChI=1S/C20H34O/c1-3-14-5-9-19-18-7-4-13-12-15(21)6-8-16(13)17(18)10-11-20(14,19)2/h13-19,21H,3-12H2,1-2H3/t13?,14?,15?,16-,17?,18?,19?,20+/m0/s1. The Hall–Kier alpha value is -0.0400. The van der Waals surface area contributed by atoms with Gasteiger partial charge in [0.05, 0.1) is 6.10 Å². The summed E-state index contributed by atoms with van der Waals surface area (Å²) in [6.45, 7) is 5.07. The van der Waals surface area contributed by atoms with Gasteiger partial charge in [-0.1, -0.05) is 20.3 Å². The predicted molar refractivity (Wildman–Crippen MR) is 86.9 cm³/mol. The predicted octanol–water partition coefficient (Wildman–Crippen LogP) is 5.03. The molecule has 0 saturated heterocycles. The normalized spacial score (nSPS) is 56.4. The zero-order valence-electron chi connectivity index (χ0n) is 14.1. The third kappa shape index (κ3) is 2.13. The lowest BCUT2D eigenvalue weighted by Crippen LogP contribution is -2.48. The van der Waals surface area contributed by atoms with Crippen LogP contribution in [-0.4, -0.2) is 11.2 Å². The average Bonchev–Trinajstić information content (AvgIpc) is 2.83. The Bertz CT molecular complexity index is 391. The molecule has 0 aromatic carbocycles. The van der Waals surface area contributed by atoms with Gasteiger partial charge < -0.3 is 5.11 Å². The monoisotopic (exact) mass is 290 g/mol. The van der Waals surface area contributed by atoms with Crippen LogP contribution in [-0.2, 0) is 0 Å². The average molecular weight is 290 g/mol. The quantitative estimate of drug-likeness (QED) is 0.718. The number of rotatable bonds is 1. The van der Waals surface area contributed by atoms with E-state index in [1.807, 2.05) is 0 Å². The van der Waals surface area contributed by atoms with Gasteiger partial charge in [-0.05, 0) is 98.7 Å². The van der Waals surface area contributed by atoms with Crippen molar-refractivity contribution in [3.05, 3.63) is 0 Å². The maximum atomic E-state index is 10.0. The summed E-state index contributed by atoms with van der Waals surface area (Å²) in [4.78, 5) is 0. The van der Waals surface area contributed by atoms with Crippen LogP contribution in [0.15, 0.2) is 0 Å². The van der Waals surface area contributed by atoms with E-state index in [4.69, 9.17) is 0 Å². The molecule has 8 atom stereocenters. The van der Waals surface area contributed by atoms with Gasteiger partial charge in [0.25, 0.3) is 0 Å². The van der Waals surface area contributed by atoms with Crippen LogP contribution in [0.2, 0.25) is 0 Å². The first kappa shape index (κ1) is 14.5. The molecule has 4 aliphatic carbocycles. The third-order valence-electron chi connectivity index (χ3n) is 8.62. The number of aliphatic hydroxyl groups is 1. The second kappa shape index (κ2) is 5.25. The highest BCUT2D eigenvalue weighted by Crippen LogP contribution is 2.64. The Labute approximate surface area is 130 Å². The van der Waals surface area contributed by atoms with Crippen LogP contribution in [0.3, 0.4) is 0 Å². The van der Waals surface area contributed by atoms with Gasteiger partial charge in [0.1, 0.15) is 0 Å². The van der Waals surface area contributed by atoms with Crippen LogP contribution in [0.4, 0.5) is 0 Å². The molecule has 1 nitrogen and oxygen atoms in total. The fraction of sp³-hybridized carbons (Fsp3) is 1.00. The highest BCUT2D eigenvalue weighted by atomic mass is 16.3. The lowest BCUT2D eigenvalue weighted by molar-refractivity contribution is -0.0773. The summed E-state index contributed by atoms with van der Waals surface area (Å²) in [5.74, 6) is 5.94. The second-order valence-corrected chi connectivity index (χ2v) is 9.13. The van der Waals surface area contributed by atoms with Crippen LogP contribution < -0.4 is 0 Å². The van der Waals surface area contributed by atoms with Gasteiger partial charge in [0, 0.05) is 0 Å². The molecule has 0 amide bonds. The van der Waals surface area contributed by atoms with Crippen molar-refractivity contribution in [2.75, 3.05) is 0 Å². The topological polar surface area (TPSA) is 20.2 Å². The molecule has 0 aliphatic heterocycles. The maximum absolute atomic E-state index is 10.0. The van der Waals surface area contributed by atoms with Crippen molar-refractivity contribution in [3.8, 4) is 0 Å². The highest BCUT2D eigenvalue weighted by molar-refractivity contribution is 5.05. The first-order chi connectivity index (χ1) is 10.1. The van der Waals surface area contributed by atoms with Crippen molar-refractivity contribution in [3.63, 3.8) is 0 Å². The van der Waals surface area contributed by atoms with Crippen LogP contribution in [0.25, 0.3) is 0 Å². The van der Waals surface area contributed by atoms with Gasteiger partial charge in [-0.3, -0.25) is 0 Å². The summed E-state index contributed by atoms with van der Waals surface area (Å²) in [6.07, 6.45) is 13.9. The smallest absolute Gasteiger partial charge is 0.0543 e. The zero-order valence-corrected chi connectivity index (χ0v) is 14.1. The third-order valence-corrected chi connectivity index (χ3v) is 8.62. The lowest BCUT2D eigenvalue weighted by Gasteiger charge is -2.56. The molecule has 0 heterocycles. The zero-order chi connectivity index (χ0) is 14.6. The van der Waals surface area contributed by atoms with E-state index in [1.165, 1.54) is 51.4 Å². The molecule has 6 unspecified atom stereocenters. The van der Waals surface area contributed by atoms with Gasteiger partial charge in [0.15, 0.2) is 0 Å². The molecular formula is C20H34O. The fourth-order valence-electron chi connectivity index (χ4n) is 7.61. The molecule has 1 N–H and O–H groups in total. The minimum atomic E-state index is 0.0209. The van der Waals surface area contributed by atoms with E-state index in [9.17, 15) is 5.11 Å². The van der Waals surface area contributed by atoms with Crippen molar-refractivity contribution in [2.45, 2.75) is 84.2 Å². The number of hydrogen-bond donors (Lipinski definition) is 1. The first-order valence-corrected chi connectivity index (χ1v) is 9.81. The molecule has 4 fully saturated rings.